The summed E-state index contributed by atoms with van der Waals surface area (Å²) < 4.78 is 16.6. The van der Waals surface area contributed by atoms with E-state index in [1.54, 1.807) is 18.2 Å². The number of nitrogens with zero attached hydrogens (tertiary/aromatic N) is 1. The van der Waals surface area contributed by atoms with Crippen LogP contribution in [-0.4, -0.2) is 37.1 Å². The van der Waals surface area contributed by atoms with Gasteiger partial charge in [0.2, 0.25) is 0 Å². The number of hydrogen-bond acceptors (Lipinski definition) is 6. The van der Waals surface area contributed by atoms with Gasteiger partial charge in [-0.25, -0.2) is 4.79 Å². The molecule has 7 nitrogen and oxygen atoms in total. The standard InChI is InChI=1S/C30H30N2O5/c1-21-16-29(33)37-28-17-26(10-11-27(21)28)36-20-22-6-8-23(9-7-22)30(34)31-18-24-4-2-3-5-25(24)19-32-12-14-35-15-13-32/h2-11,16-17H,12-15,18-20H2,1H3,(H,31,34). The van der Waals surface area contributed by atoms with E-state index in [4.69, 9.17) is 13.9 Å². The number of carbonyl (C=O) groups is 1. The van der Waals surface area contributed by atoms with Crippen LogP contribution in [0.3, 0.4) is 0 Å². The molecule has 0 radical (unpaired) electrons. The van der Waals surface area contributed by atoms with E-state index in [-0.39, 0.29) is 11.5 Å². The largest absolute Gasteiger partial charge is 0.489 e. The number of amides is 1. The van der Waals surface area contributed by atoms with Gasteiger partial charge in [-0.05, 0) is 53.4 Å². The molecule has 190 valence electrons. The maximum absolute atomic E-state index is 12.8. The van der Waals surface area contributed by atoms with E-state index in [0.717, 1.165) is 54.9 Å². The van der Waals surface area contributed by atoms with Gasteiger partial charge in [0.1, 0.15) is 17.9 Å². The number of fused-ring (bicyclic) bond motifs is 1. The summed E-state index contributed by atoms with van der Waals surface area (Å²) in [7, 11) is 0. The van der Waals surface area contributed by atoms with Crippen LogP contribution in [0.5, 0.6) is 5.75 Å². The van der Waals surface area contributed by atoms with Crippen molar-refractivity contribution in [2.24, 2.45) is 0 Å². The van der Waals surface area contributed by atoms with Crippen LogP contribution in [0.25, 0.3) is 11.0 Å². The van der Waals surface area contributed by atoms with E-state index in [0.29, 0.717) is 30.0 Å². The van der Waals surface area contributed by atoms with Crippen LogP contribution in [0, 0.1) is 6.92 Å². The Kier molecular flexibility index (Phi) is 7.63. The van der Waals surface area contributed by atoms with Crippen LogP contribution in [-0.2, 0) is 24.4 Å². The molecule has 7 heteroatoms. The zero-order chi connectivity index (χ0) is 25.6. The lowest BCUT2D eigenvalue weighted by Crippen LogP contribution is -2.36. The van der Waals surface area contributed by atoms with Crippen LogP contribution >= 0.6 is 0 Å². The van der Waals surface area contributed by atoms with E-state index >= 15 is 0 Å². The molecular weight excluding hydrogens is 468 g/mol. The highest BCUT2D eigenvalue weighted by Crippen LogP contribution is 2.23. The number of nitrogens with one attached hydrogen (secondary N) is 1. The minimum absolute atomic E-state index is 0.117. The third-order valence-corrected chi connectivity index (χ3v) is 6.60. The zero-order valence-electron chi connectivity index (χ0n) is 20.9. The Hall–Kier alpha value is -3.94. The molecule has 1 saturated heterocycles. The minimum atomic E-state index is -0.378. The van der Waals surface area contributed by atoms with Crippen LogP contribution in [0.1, 0.15) is 32.6 Å². The number of hydrogen-bond donors (Lipinski definition) is 1. The maximum Gasteiger partial charge on any atom is 0.336 e. The van der Waals surface area contributed by atoms with E-state index < -0.39 is 0 Å². The van der Waals surface area contributed by atoms with Crippen molar-refractivity contribution in [2.45, 2.75) is 26.6 Å². The van der Waals surface area contributed by atoms with Gasteiger partial charge < -0.3 is 19.2 Å². The first-order valence-electron chi connectivity index (χ1n) is 12.5. The number of benzene rings is 3. The second-order valence-corrected chi connectivity index (χ2v) is 9.23. The second kappa shape index (κ2) is 11.4. The first-order chi connectivity index (χ1) is 18.0. The van der Waals surface area contributed by atoms with Gasteiger partial charge in [0.05, 0.1) is 13.2 Å². The minimum Gasteiger partial charge on any atom is -0.489 e. The smallest absolute Gasteiger partial charge is 0.336 e. The second-order valence-electron chi connectivity index (χ2n) is 9.23. The van der Waals surface area contributed by atoms with Gasteiger partial charge in [-0.1, -0.05) is 36.4 Å². The molecule has 2 heterocycles. The summed E-state index contributed by atoms with van der Waals surface area (Å²) in [6, 6.07) is 22.5. The Labute approximate surface area is 215 Å². The topological polar surface area (TPSA) is 81.0 Å². The Morgan fingerprint density at radius 2 is 1.73 bits per heavy atom. The van der Waals surface area contributed by atoms with Crippen LogP contribution in [0.4, 0.5) is 0 Å². The summed E-state index contributed by atoms with van der Waals surface area (Å²) in [4.78, 5) is 26.8. The third-order valence-electron chi connectivity index (χ3n) is 6.60. The van der Waals surface area contributed by atoms with Crippen LogP contribution in [0.2, 0.25) is 0 Å². The molecule has 0 aliphatic carbocycles. The van der Waals surface area contributed by atoms with E-state index in [1.165, 1.54) is 11.6 Å². The van der Waals surface area contributed by atoms with Gasteiger partial charge in [-0.3, -0.25) is 9.69 Å². The number of ether oxygens (including phenoxy) is 2. The average molecular weight is 499 g/mol. The number of morpholine rings is 1. The fourth-order valence-corrected chi connectivity index (χ4v) is 4.48. The van der Waals surface area contributed by atoms with Crippen molar-refractivity contribution >= 4 is 16.9 Å². The molecule has 1 N–H and O–H groups in total. The molecular formula is C30H30N2O5. The first-order valence-corrected chi connectivity index (χ1v) is 12.5. The highest BCUT2D eigenvalue weighted by Gasteiger charge is 2.13. The molecule has 1 aliphatic heterocycles. The quantitative estimate of drug-likeness (QED) is 0.362. The molecule has 0 spiro atoms. The van der Waals surface area contributed by atoms with Crippen LogP contribution in [0.15, 0.2) is 82.0 Å². The Balaban J connectivity index is 1.16. The fraction of sp³-hybridized carbons (Fsp3) is 0.267. The zero-order valence-corrected chi connectivity index (χ0v) is 20.9. The van der Waals surface area contributed by atoms with Crippen molar-refractivity contribution in [3.8, 4) is 5.75 Å². The number of rotatable bonds is 8. The van der Waals surface area contributed by atoms with Crippen molar-refractivity contribution in [1.29, 1.82) is 0 Å². The van der Waals surface area contributed by atoms with Crippen molar-refractivity contribution in [2.75, 3.05) is 26.3 Å². The molecule has 1 amide bonds. The SMILES string of the molecule is Cc1cc(=O)oc2cc(OCc3ccc(C(=O)NCc4ccccc4CN4CCOCC4)cc3)ccc12. The molecule has 0 bridgehead atoms. The van der Waals surface area contributed by atoms with Gasteiger partial charge in [-0.15, -0.1) is 0 Å². The predicted octanol–water partition coefficient (Wildman–Crippen LogP) is 4.44. The summed E-state index contributed by atoms with van der Waals surface area (Å²) in [6.07, 6.45) is 0. The molecule has 37 heavy (non-hydrogen) atoms. The van der Waals surface area contributed by atoms with Gasteiger partial charge in [0.15, 0.2) is 0 Å². The van der Waals surface area contributed by atoms with Crippen molar-refractivity contribution < 1.29 is 18.7 Å². The van der Waals surface area contributed by atoms with Gasteiger partial charge in [0, 0.05) is 49.3 Å². The maximum atomic E-state index is 12.8. The van der Waals surface area contributed by atoms with E-state index in [2.05, 4.69) is 22.3 Å². The van der Waals surface area contributed by atoms with Crippen molar-refractivity contribution in [1.82, 2.24) is 10.2 Å². The molecule has 0 atom stereocenters. The summed E-state index contributed by atoms with van der Waals surface area (Å²) >= 11 is 0. The highest BCUT2D eigenvalue weighted by molar-refractivity contribution is 5.94. The molecule has 3 aromatic carbocycles. The average Bonchev–Trinajstić information content (AvgIpc) is 2.92. The van der Waals surface area contributed by atoms with E-state index in [9.17, 15) is 9.59 Å². The lowest BCUT2D eigenvalue weighted by molar-refractivity contribution is 0.0340. The van der Waals surface area contributed by atoms with Crippen molar-refractivity contribution in [3.63, 3.8) is 0 Å². The highest BCUT2D eigenvalue weighted by atomic mass is 16.5. The normalized spacial score (nSPS) is 14.0. The number of aryl methyl sites for hydroxylation is 1. The lowest BCUT2D eigenvalue weighted by atomic mass is 10.1. The van der Waals surface area contributed by atoms with Crippen LogP contribution < -0.4 is 15.7 Å². The first kappa shape index (κ1) is 24.7. The Bertz CT molecular complexity index is 1440. The molecule has 5 rings (SSSR count). The number of carbonyl (C=O) groups excluding carboxylic acids is 1. The molecule has 1 aromatic heterocycles. The molecule has 0 unspecified atom stereocenters. The fourth-order valence-electron chi connectivity index (χ4n) is 4.48. The monoisotopic (exact) mass is 498 g/mol. The third kappa shape index (κ3) is 6.25. The van der Waals surface area contributed by atoms with Crippen molar-refractivity contribution in [3.05, 3.63) is 111 Å². The molecule has 1 fully saturated rings. The van der Waals surface area contributed by atoms with Gasteiger partial charge in [-0.2, -0.15) is 0 Å². The lowest BCUT2D eigenvalue weighted by Gasteiger charge is -2.27. The van der Waals surface area contributed by atoms with E-state index in [1.807, 2.05) is 43.3 Å². The molecule has 0 saturated carbocycles. The van der Waals surface area contributed by atoms with Gasteiger partial charge >= 0.3 is 5.63 Å². The summed E-state index contributed by atoms with van der Waals surface area (Å²) in [5.41, 5.74) is 4.86. The Morgan fingerprint density at radius 3 is 2.51 bits per heavy atom. The summed E-state index contributed by atoms with van der Waals surface area (Å²) in [5, 5.41) is 3.93. The summed E-state index contributed by atoms with van der Waals surface area (Å²) in [6.45, 7) is 6.91. The molecule has 1 aliphatic rings. The predicted molar refractivity (Wildman–Crippen MR) is 142 cm³/mol. The summed E-state index contributed by atoms with van der Waals surface area (Å²) in [5.74, 6) is 0.493. The molecule has 4 aromatic rings. The Morgan fingerprint density at radius 1 is 0.973 bits per heavy atom. The van der Waals surface area contributed by atoms with Gasteiger partial charge in [0.25, 0.3) is 5.91 Å².